The lowest BCUT2D eigenvalue weighted by molar-refractivity contribution is -0.148. The molecule has 0 unspecified atom stereocenters. The minimum absolute atomic E-state index is 0.200. The molecular formula is C18H26N2O5S. The van der Waals surface area contributed by atoms with Crippen LogP contribution in [0.15, 0.2) is 18.2 Å². The molecule has 1 aliphatic rings. The number of ether oxygens (including phenoxy) is 1. The molecule has 8 heteroatoms. The molecule has 1 fully saturated rings. The summed E-state index contributed by atoms with van der Waals surface area (Å²) in [5.74, 6) is -0.723. The van der Waals surface area contributed by atoms with Gasteiger partial charge in [-0.25, -0.2) is 8.42 Å². The second kappa shape index (κ2) is 8.07. The molecule has 144 valence electrons. The number of benzene rings is 1. The summed E-state index contributed by atoms with van der Waals surface area (Å²) in [7, 11) is -2.25. The zero-order chi connectivity index (χ0) is 19.5. The smallest absolute Gasteiger partial charge is 0.308 e. The van der Waals surface area contributed by atoms with E-state index in [0.717, 1.165) is 21.7 Å². The normalized spacial score (nSPS) is 15.6. The van der Waals surface area contributed by atoms with Gasteiger partial charge in [0.25, 0.3) is 0 Å². The van der Waals surface area contributed by atoms with Crippen LogP contribution in [0, 0.1) is 19.8 Å². The highest BCUT2D eigenvalue weighted by Crippen LogP contribution is 2.25. The van der Waals surface area contributed by atoms with Crippen molar-refractivity contribution in [2.75, 3.05) is 37.3 Å². The number of carbonyl (C=O) groups excluding carboxylic acids is 2. The number of carbonyl (C=O) groups is 2. The highest BCUT2D eigenvalue weighted by atomic mass is 32.2. The molecule has 1 saturated heterocycles. The number of aryl methyl sites for hydroxylation is 1. The molecule has 1 aromatic rings. The first-order valence-electron chi connectivity index (χ1n) is 8.54. The molecule has 0 saturated carbocycles. The van der Waals surface area contributed by atoms with E-state index in [2.05, 4.69) is 0 Å². The molecule has 0 spiro atoms. The molecule has 0 radical (unpaired) electrons. The summed E-state index contributed by atoms with van der Waals surface area (Å²) < 4.78 is 30.5. The van der Waals surface area contributed by atoms with E-state index >= 15 is 0 Å². The third-order valence-electron chi connectivity index (χ3n) is 4.91. The van der Waals surface area contributed by atoms with E-state index in [9.17, 15) is 18.0 Å². The first-order chi connectivity index (χ1) is 12.1. The van der Waals surface area contributed by atoms with Gasteiger partial charge in [0.15, 0.2) is 0 Å². The van der Waals surface area contributed by atoms with Gasteiger partial charge in [0.2, 0.25) is 15.9 Å². The number of sulfonamides is 1. The van der Waals surface area contributed by atoms with Crippen molar-refractivity contribution in [2.24, 2.45) is 5.92 Å². The third-order valence-corrected chi connectivity index (χ3v) is 6.03. The highest BCUT2D eigenvalue weighted by Gasteiger charge is 2.30. The Morgan fingerprint density at radius 3 is 2.38 bits per heavy atom. The van der Waals surface area contributed by atoms with Gasteiger partial charge in [-0.3, -0.25) is 13.9 Å². The first-order valence-corrected chi connectivity index (χ1v) is 10.4. The molecule has 0 aromatic heterocycles. The molecule has 0 bridgehead atoms. The van der Waals surface area contributed by atoms with Crippen LogP contribution in [0.1, 0.15) is 24.0 Å². The van der Waals surface area contributed by atoms with Crippen LogP contribution in [0.5, 0.6) is 0 Å². The molecule has 1 aliphatic heterocycles. The zero-order valence-electron chi connectivity index (χ0n) is 15.7. The first kappa shape index (κ1) is 20.2. The summed E-state index contributed by atoms with van der Waals surface area (Å²) >= 11 is 0. The van der Waals surface area contributed by atoms with Crippen molar-refractivity contribution in [3.63, 3.8) is 0 Å². The van der Waals surface area contributed by atoms with Crippen LogP contribution in [0.3, 0.4) is 0 Å². The molecule has 26 heavy (non-hydrogen) atoms. The molecule has 0 aliphatic carbocycles. The van der Waals surface area contributed by atoms with E-state index in [4.69, 9.17) is 4.74 Å². The Labute approximate surface area is 155 Å². The van der Waals surface area contributed by atoms with Crippen LogP contribution in [0.2, 0.25) is 0 Å². The van der Waals surface area contributed by atoms with Gasteiger partial charge < -0.3 is 9.64 Å². The second-order valence-electron chi connectivity index (χ2n) is 6.67. The van der Waals surface area contributed by atoms with Crippen molar-refractivity contribution in [3.05, 3.63) is 29.3 Å². The van der Waals surface area contributed by atoms with Gasteiger partial charge >= 0.3 is 5.97 Å². The lowest BCUT2D eigenvalue weighted by Gasteiger charge is -2.33. The van der Waals surface area contributed by atoms with Gasteiger partial charge in [-0.2, -0.15) is 0 Å². The second-order valence-corrected chi connectivity index (χ2v) is 8.57. The average Bonchev–Trinajstić information content (AvgIpc) is 2.60. The Balaban J connectivity index is 2.14. The minimum atomic E-state index is -3.61. The van der Waals surface area contributed by atoms with Crippen LogP contribution >= 0.6 is 0 Å². The van der Waals surface area contributed by atoms with Crippen molar-refractivity contribution < 1.29 is 22.7 Å². The number of hydrogen-bond acceptors (Lipinski definition) is 5. The monoisotopic (exact) mass is 382 g/mol. The largest absolute Gasteiger partial charge is 0.469 e. The molecular weight excluding hydrogens is 356 g/mol. The predicted octanol–water partition coefficient (Wildman–Crippen LogP) is 1.48. The Hall–Kier alpha value is -2.09. The van der Waals surface area contributed by atoms with Crippen molar-refractivity contribution in [1.82, 2.24) is 4.90 Å². The van der Waals surface area contributed by atoms with Crippen LogP contribution in [-0.2, 0) is 24.3 Å². The Morgan fingerprint density at radius 2 is 1.85 bits per heavy atom. The maximum absolute atomic E-state index is 12.7. The molecule has 0 N–H and O–H groups in total. The quantitative estimate of drug-likeness (QED) is 0.720. The Bertz CT molecular complexity index is 783. The van der Waals surface area contributed by atoms with Crippen molar-refractivity contribution in [3.8, 4) is 0 Å². The number of esters is 1. The summed E-state index contributed by atoms with van der Waals surface area (Å²) in [6, 6.07) is 5.39. The van der Waals surface area contributed by atoms with E-state index in [1.807, 2.05) is 19.9 Å². The number of nitrogens with zero attached hydrogens (tertiary/aromatic N) is 2. The number of piperidine rings is 1. The maximum atomic E-state index is 12.7. The van der Waals surface area contributed by atoms with Crippen molar-refractivity contribution in [2.45, 2.75) is 26.7 Å². The fraction of sp³-hybridized carbons (Fsp3) is 0.556. The Morgan fingerprint density at radius 1 is 1.23 bits per heavy atom. The lowest BCUT2D eigenvalue weighted by Crippen LogP contribution is -2.46. The fourth-order valence-corrected chi connectivity index (χ4v) is 4.04. The van der Waals surface area contributed by atoms with Crippen molar-refractivity contribution in [1.29, 1.82) is 0 Å². The number of anilines is 1. The number of rotatable bonds is 5. The third kappa shape index (κ3) is 4.55. The number of likely N-dealkylation sites (tertiary alicyclic amines) is 1. The van der Waals surface area contributed by atoms with E-state index in [1.54, 1.807) is 17.0 Å². The molecule has 7 nitrogen and oxygen atoms in total. The van der Waals surface area contributed by atoms with E-state index in [1.165, 1.54) is 7.11 Å². The summed E-state index contributed by atoms with van der Waals surface area (Å²) in [5, 5.41) is 0. The molecule has 1 aromatic carbocycles. The zero-order valence-corrected chi connectivity index (χ0v) is 16.5. The highest BCUT2D eigenvalue weighted by molar-refractivity contribution is 7.92. The standard InChI is InChI=1S/C18H26N2O5S/c1-13-6-5-7-16(14(13)2)20(26(4,23)24)12-17(21)19-10-8-15(9-11-19)18(22)25-3/h5-7,15H,8-12H2,1-4H3. The molecule has 1 amide bonds. The van der Waals surface area contributed by atoms with Gasteiger partial charge in [-0.05, 0) is 43.9 Å². The van der Waals surface area contributed by atoms with E-state index in [-0.39, 0.29) is 24.3 Å². The topological polar surface area (TPSA) is 84.0 Å². The maximum Gasteiger partial charge on any atom is 0.308 e. The SMILES string of the molecule is COC(=O)C1CCN(C(=O)CN(c2cccc(C)c2C)S(C)(=O)=O)CC1. The van der Waals surface area contributed by atoms with Crippen LogP contribution in [0.4, 0.5) is 5.69 Å². The number of amides is 1. The molecule has 0 atom stereocenters. The van der Waals surface area contributed by atoms with Gasteiger partial charge in [0.1, 0.15) is 6.54 Å². The minimum Gasteiger partial charge on any atom is -0.469 e. The number of hydrogen-bond donors (Lipinski definition) is 0. The average molecular weight is 382 g/mol. The van der Waals surface area contributed by atoms with Gasteiger partial charge in [0, 0.05) is 13.1 Å². The van der Waals surface area contributed by atoms with Crippen LogP contribution in [-0.4, -0.2) is 58.2 Å². The summed E-state index contributed by atoms with van der Waals surface area (Å²) in [6.07, 6.45) is 2.16. The van der Waals surface area contributed by atoms with Gasteiger partial charge in [-0.15, -0.1) is 0 Å². The Kier molecular flexibility index (Phi) is 6.28. The summed E-state index contributed by atoms with van der Waals surface area (Å²) in [4.78, 5) is 25.9. The molecule has 1 heterocycles. The molecule has 2 rings (SSSR count). The number of methoxy groups -OCH3 is 1. The summed E-state index contributed by atoms with van der Waals surface area (Å²) in [5.41, 5.74) is 2.31. The van der Waals surface area contributed by atoms with Gasteiger partial charge in [-0.1, -0.05) is 12.1 Å². The van der Waals surface area contributed by atoms with Crippen molar-refractivity contribution >= 4 is 27.6 Å². The van der Waals surface area contributed by atoms with E-state index < -0.39 is 10.0 Å². The lowest BCUT2D eigenvalue weighted by atomic mass is 9.97. The van der Waals surface area contributed by atoms with Crippen LogP contribution in [0.25, 0.3) is 0 Å². The predicted molar refractivity (Wildman–Crippen MR) is 99.4 cm³/mol. The van der Waals surface area contributed by atoms with Crippen LogP contribution < -0.4 is 4.31 Å². The summed E-state index contributed by atoms with van der Waals surface area (Å²) in [6.45, 7) is 4.34. The fourth-order valence-electron chi connectivity index (χ4n) is 3.14. The van der Waals surface area contributed by atoms with E-state index in [0.29, 0.717) is 31.6 Å². The van der Waals surface area contributed by atoms with Gasteiger partial charge in [0.05, 0.1) is 25.0 Å².